The van der Waals surface area contributed by atoms with Crippen molar-refractivity contribution in [2.75, 3.05) is 26.1 Å². The maximum atomic E-state index is 12.1. The summed E-state index contributed by atoms with van der Waals surface area (Å²) < 4.78 is 26.0. The predicted molar refractivity (Wildman–Crippen MR) is 122 cm³/mol. The van der Waals surface area contributed by atoms with Crippen LogP contribution >= 0.6 is 0 Å². The molecule has 3 rings (SSSR count). The largest absolute Gasteiger partial charge is 0.493 e. The Morgan fingerprint density at radius 1 is 1.06 bits per heavy atom. The topological polar surface area (TPSA) is 113 Å². The zero-order valence-electron chi connectivity index (χ0n) is 18.4. The van der Waals surface area contributed by atoms with Crippen LogP contribution in [0.3, 0.4) is 0 Å². The van der Waals surface area contributed by atoms with E-state index in [2.05, 4.69) is 10.1 Å². The van der Waals surface area contributed by atoms with E-state index < -0.39 is 17.7 Å². The number of esters is 1. The van der Waals surface area contributed by atoms with Crippen LogP contribution in [0.25, 0.3) is 17.0 Å². The summed E-state index contributed by atoms with van der Waals surface area (Å²) in [6, 6.07) is 11.4. The number of carbonyl (C=O) groups excluding carboxylic acids is 2. The summed E-state index contributed by atoms with van der Waals surface area (Å²) in [7, 11) is 2.80. The smallest absolute Gasteiger partial charge is 0.411 e. The van der Waals surface area contributed by atoms with Gasteiger partial charge in [0, 0.05) is 34.8 Å². The molecule has 9 heteroatoms. The van der Waals surface area contributed by atoms with E-state index in [9.17, 15) is 14.4 Å². The van der Waals surface area contributed by atoms with Gasteiger partial charge in [0.05, 0.1) is 20.8 Å². The molecule has 33 heavy (non-hydrogen) atoms. The van der Waals surface area contributed by atoms with Gasteiger partial charge in [-0.25, -0.2) is 14.4 Å². The molecule has 0 aliphatic carbocycles. The van der Waals surface area contributed by atoms with Gasteiger partial charge in [-0.2, -0.15) is 0 Å². The van der Waals surface area contributed by atoms with Gasteiger partial charge in [0.25, 0.3) is 0 Å². The van der Waals surface area contributed by atoms with Crippen LogP contribution in [0, 0.1) is 0 Å². The van der Waals surface area contributed by atoms with E-state index >= 15 is 0 Å². The molecule has 0 atom stereocenters. The van der Waals surface area contributed by atoms with Crippen molar-refractivity contribution in [2.24, 2.45) is 0 Å². The molecule has 1 aromatic heterocycles. The number of benzene rings is 2. The van der Waals surface area contributed by atoms with Crippen LogP contribution in [-0.4, -0.2) is 32.9 Å². The molecule has 0 saturated carbocycles. The molecule has 1 amide bonds. The van der Waals surface area contributed by atoms with E-state index in [1.54, 1.807) is 49.4 Å². The molecular weight excluding hydrogens is 430 g/mol. The lowest BCUT2D eigenvalue weighted by atomic mass is 10.1. The molecule has 1 heterocycles. The van der Waals surface area contributed by atoms with Crippen LogP contribution in [-0.2, 0) is 20.9 Å². The average molecular weight is 453 g/mol. The molecule has 0 aliphatic rings. The highest BCUT2D eigenvalue weighted by molar-refractivity contribution is 5.90. The second-order valence-electron chi connectivity index (χ2n) is 6.70. The summed E-state index contributed by atoms with van der Waals surface area (Å²) in [6.45, 7) is 2.01. The van der Waals surface area contributed by atoms with E-state index in [4.69, 9.17) is 18.6 Å². The van der Waals surface area contributed by atoms with Gasteiger partial charge in [-0.3, -0.25) is 5.32 Å². The Morgan fingerprint density at radius 2 is 1.88 bits per heavy atom. The fourth-order valence-corrected chi connectivity index (χ4v) is 3.01. The number of hydrogen-bond donors (Lipinski definition) is 1. The predicted octanol–water partition coefficient (Wildman–Crippen LogP) is 4.14. The monoisotopic (exact) mass is 453 g/mol. The minimum Gasteiger partial charge on any atom is -0.493 e. The Labute approximate surface area is 189 Å². The Balaban J connectivity index is 1.82. The molecular formula is C24H23NO8. The van der Waals surface area contributed by atoms with Gasteiger partial charge in [0.1, 0.15) is 12.2 Å². The Morgan fingerprint density at radius 3 is 2.61 bits per heavy atom. The zero-order chi connectivity index (χ0) is 23.8. The molecule has 0 unspecified atom stereocenters. The first-order chi connectivity index (χ1) is 15.9. The zero-order valence-corrected chi connectivity index (χ0v) is 18.4. The number of anilines is 1. The van der Waals surface area contributed by atoms with Gasteiger partial charge in [-0.05, 0) is 42.8 Å². The highest BCUT2D eigenvalue weighted by Crippen LogP contribution is 2.30. The summed E-state index contributed by atoms with van der Waals surface area (Å²) in [4.78, 5) is 35.0. The van der Waals surface area contributed by atoms with Crippen molar-refractivity contribution in [3.8, 4) is 11.5 Å². The second kappa shape index (κ2) is 10.9. The number of carbonyl (C=O) groups is 2. The van der Waals surface area contributed by atoms with Gasteiger partial charge in [-0.15, -0.1) is 0 Å². The molecule has 3 aromatic rings. The minimum absolute atomic E-state index is 0.0699. The molecule has 0 bridgehead atoms. The molecule has 9 nitrogen and oxygen atoms in total. The fourth-order valence-electron chi connectivity index (χ4n) is 3.01. The van der Waals surface area contributed by atoms with Crippen LogP contribution in [0.4, 0.5) is 10.5 Å². The Kier molecular flexibility index (Phi) is 7.69. The molecule has 0 aliphatic heterocycles. The SMILES string of the molecule is CCOC(=O)Nc1ccc2c(COc3ccc(/C=C/C(=O)OC)cc3OC)cc(=O)oc2c1. The first-order valence-electron chi connectivity index (χ1n) is 10.0. The molecule has 0 saturated heterocycles. The summed E-state index contributed by atoms with van der Waals surface area (Å²) in [5, 5.41) is 3.22. The van der Waals surface area contributed by atoms with E-state index in [1.165, 1.54) is 26.4 Å². The second-order valence-corrected chi connectivity index (χ2v) is 6.70. The molecule has 1 N–H and O–H groups in total. The number of rotatable bonds is 8. The van der Waals surface area contributed by atoms with Crippen molar-refractivity contribution < 1.29 is 33.0 Å². The number of nitrogens with one attached hydrogen (secondary N) is 1. The van der Waals surface area contributed by atoms with Crippen molar-refractivity contribution in [3.05, 3.63) is 70.1 Å². The Bertz CT molecular complexity index is 1240. The summed E-state index contributed by atoms with van der Waals surface area (Å²) in [5.41, 5.74) is 1.49. The van der Waals surface area contributed by atoms with E-state index in [0.29, 0.717) is 33.7 Å². The third-order valence-corrected chi connectivity index (χ3v) is 4.54. The van der Waals surface area contributed by atoms with Crippen molar-refractivity contribution in [3.63, 3.8) is 0 Å². The van der Waals surface area contributed by atoms with Crippen molar-refractivity contribution in [1.82, 2.24) is 0 Å². The maximum Gasteiger partial charge on any atom is 0.411 e. The molecule has 0 spiro atoms. The number of amides is 1. The van der Waals surface area contributed by atoms with Crippen LogP contribution in [0.1, 0.15) is 18.1 Å². The van der Waals surface area contributed by atoms with E-state index in [0.717, 1.165) is 5.56 Å². The van der Waals surface area contributed by atoms with Crippen LogP contribution in [0.5, 0.6) is 11.5 Å². The lowest BCUT2D eigenvalue weighted by molar-refractivity contribution is -0.134. The van der Waals surface area contributed by atoms with Crippen LogP contribution < -0.4 is 20.4 Å². The van der Waals surface area contributed by atoms with Gasteiger partial charge >= 0.3 is 17.7 Å². The lowest BCUT2D eigenvalue weighted by Crippen LogP contribution is -2.13. The molecule has 172 valence electrons. The third kappa shape index (κ3) is 6.13. The van der Waals surface area contributed by atoms with E-state index in [-0.39, 0.29) is 13.2 Å². The number of ether oxygens (including phenoxy) is 4. The van der Waals surface area contributed by atoms with Gasteiger partial charge < -0.3 is 23.4 Å². The molecule has 0 radical (unpaired) electrons. The summed E-state index contributed by atoms with van der Waals surface area (Å²) in [5.74, 6) is 0.439. The molecule has 2 aromatic carbocycles. The normalized spacial score (nSPS) is 10.8. The third-order valence-electron chi connectivity index (χ3n) is 4.54. The highest BCUT2D eigenvalue weighted by atomic mass is 16.5. The standard InChI is InChI=1S/C24H23NO8/c1-4-31-24(28)25-17-7-8-18-16(12-23(27)33-20(18)13-17)14-32-19-9-5-15(11-21(19)29-2)6-10-22(26)30-3/h5-13H,4,14H2,1-3H3,(H,25,28)/b10-6+. The average Bonchev–Trinajstić information content (AvgIpc) is 2.80. The van der Waals surface area contributed by atoms with Gasteiger partial charge in [-0.1, -0.05) is 6.07 Å². The van der Waals surface area contributed by atoms with Crippen LogP contribution in [0.2, 0.25) is 0 Å². The number of fused-ring (bicyclic) bond motifs is 1. The fraction of sp³-hybridized carbons (Fsp3) is 0.208. The quantitative estimate of drug-likeness (QED) is 0.308. The lowest BCUT2D eigenvalue weighted by Gasteiger charge is -2.13. The number of hydrogen-bond acceptors (Lipinski definition) is 8. The number of methoxy groups -OCH3 is 2. The summed E-state index contributed by atoms with van der Waals surface area (Å²) in [6.07, 6.45) is 2.29. The highest BCUT2D eigenvalue weighted by Gasteiger charge is 2.11. The summed E-state index contributed by atoms with van der Waals surface area (Å²) >= 11 is 0. The van der Waals surface area contributed by atoms with Crippen molar-refractivity contribution in [2.45, 2.75) is 13.5 Å². The van der Waals surface area contributed by atoms with Crippen molar-refractivity contribution in [1.29, 1.82) is 0 Å². The van der Waals surface area contributed by atoms with Gasteiger partial charge in [0.2, 0.25) is 0 Å². The molecule has 0 fully saturated rings. The maximum absolute atomic E-state index is 12.1. The minimum atomic E-state index is -0.601. The van der Waals surface area contributed by atoms with Gasteiger partial charge in [0.15, 0.2) is 11.5 Å². The van der Waals surface area contributed by atoms with Crippen molar-refractivity contribution >= 4 is 34.8 Å². The first-order valence-corrected chi connectivity index (χ1v) is 10.0. The Hall–Kier alpha value is -4.27. The van der Waals surface area contributed by atoms with Crippen LogP contribution in [0.15, 0.2) is 57.8 Å². The van der Waals surface area contributed by atoms with E-state index in [1.807, 2.05) is 0 Å². The first kappa shape index (κ1) is 23.4.